The summed E-state index contributed by atoms with van der Waals surface area (Å²) < 4.78 is 0.793. The van der Waals surface area contributed by atoms with E-state index in [0.29, 0.717) is 12.3 Å². The molecule has 0 spiro atoms. The van der Waals surface area contributed by atoms with Crippen LogP contribution in [0.4, 0.5) is 0 Å². The molecule has 0 fully saturated rings. The van der Waals surface area contributed by atoms with Gasteiger partial charge in [-0.25, -0.2) is 0 Å². The highest BCUT2D eigenvalue weighted by atomic mass is 35.5. The fraction of sp³-hybridized carbons (Fsp3) is 0.500. The summed E-state index contributed by atoms with van der Waals surface area (Å²) in [7, 11) is 0. The molecule has 0 saturated carbocycles. The Labute approximate surface area is 99.4 Å². The Morgan fingerprint density at radius 1 is 1.60 bits per heavy atom. The predicted molar refractivity (Wildman–Crippen MR) is 65.5 cm³/mol. The predicted octanol–water partition coefficient (Wildman–Crippen LogP) is 3.66. The van der Waals surface area contributed by atoms with Crippen LogP contribution in [0.3, 0.4) is 0 Å². The topological polar surface area (TPSA) is 20.2 Å². The van der Waals surface area contributed by atoms with E-state index in [4.69, 9.17) is 11.6 Å². The van der Waals surface area contributed by atoms with Gasteiger partial charge < -0.3 is 5.11 Å². The van der Waals surface area contributed by atoms with Gasteiger partial charge in [0, 0.05) is 11.3 Å². The molecule has 1 aromatic heterocycles. The molecule has 1 aromatic rings. The minimum atomic E-state index is -0.652. The van der Waals surface area contributed by atoms with Crippen LogP contribution in [0, 0.1) is 5.92 Å². The van der Waals surface area contributed by atoms with Gasteiger partial charge in [0.05, 0.1) is 9.94 Å². The Hall–Kier alpha value is -0.310. The lowest BCUT2D eigenvalue weighted by molar-refractivity contribution is 0.0708. The molecular formula is C12H15ClOS. The van der Waals surface area contributed by atoms with Gasteiger partial charge in [0.25, 0.3) is 0 Å². The maximum atomic E-state index is 10.3. The number of hydrogen-bond donors (Lipinski definition) is 1. The summed E-state index contributed by atoms with van der Waals surface area (Å²) in [6.07, 6.45) is 6.66. The Balaban J connectivity index is 2.08. The number of allylic oxidation sites excluding steroid dienone is 1. The molecule has 1 nitrogen and oxygen atoms in total. The number of halogens is 1. The van der Waals surface area contributed by atoms with Crippen molar-refractivity contribution in [3.8, 4) is 0 Å². The summed E-state index contributed by atoms with van der Waals surface area (Å²) in [5.74, 6) is 0.595. The fourth-order valence-electron chi connectivity index (χ4n) is 1.90. The van der Waals surface area contributed by atoms with Crippen LogP contribution in [0.1, 0.15) is 24.6 Å². The third kappa shape index (κ3) is 2.83. The van der Waals surface area contributed by atoms with E-state index in [-0.39, 0.29) is 0 Å². The Kier molecular flexibility index (Phi) is 3.19. The van der Waals surface area contributed by atoms with Crippen molar-refractivity contribution in [3.05, 3.63) is 33.5 Å². The third-order valence-corrected chi connectivity index (χ3v) is 4.11. The average molecular weight is 243 g/mol. The summed E-state index contributed by atoms with van der Waals surface area (Å²) >= 11 is 7.42. The maximum Gasteiger partial charge on any atom is 0.0931 e. The highest BCUT2D eigenvalue weighted by Crippen LogP contribution is 2.31. The van der Waals surface area contributed by atoms with Crippen molar-refractivity contribution in [2.45, 2.75) is 31.8 Å². The van der Waals surface area contributed by atoms with E-state index in [0.717, 1.165) is 22.1 Å². The van der Waals surface area contributed by atoms with Gasteiger partial charge in [-0.15, -0.1) is 11.3 Å². The fourth-order valence-corrected chi connectivity index (χ4v) is 3.10. The lowest BCUT2D eigenvalue weighted by atomic mass is 9.83. The molecule has 1 N–H and O–H groups in total. The third-order valence-electron chi connectivity index (χ3n) is 2.88. The molecule has 15 heavy (non-hydrogen) atoms. The molecule has 3 heteroatoms. The molecule has 2 unspecified atom stereocenters. The molecule has 0 bridgehead atoms. The van der Waals surface area contributed by atoms with Gasteiger partial charge in [-0.1, -0.05) is 30.7 Å². The summed E-state index contributed by atoms with van der Waals surface area (Å²) in [6, 6.07) is 3.89. The molecular weight excluding hydrogens is 228 g/mol. The van der Waals surface area contributed by atoms with Crippen LogP contribution in [0.2, 0.25) is 4.34 Å². The zero-order valence-corrected chi connectivity index (χ0v) is 10.3. The van der Waals surface area contributed by atoms with Gasteiger partial charge in [-0.05, 0) is 30.9 Å². The standard InChI is InChI=1S/C12H15ClOS/c1-9-4-6-12(14,7-5-9)8-10-2-3-11(13)15-10/h2-4,6,9,14H,5,7-8H2,1H3. The van der Waals surface area contributed by atoms with Crippen LogP contribution in [0.25, 0.3) is 0 Å². The quantitative estimate of drug-likeness (QED) is 0.785. The minimum absolute atomic E-state index is 0.595. The zero-order valence-electron chi connectivity index (χ0n) is 8.74. The molecule has 1 aliphatic carbocycles. The van der Waals surface area contributed by atoms with Gasteiger partial charge in [-0.3, -0.25) is 0 Å². The van der Waals surface area contributed by atoms with Crippen molar-refractivity contribution in [3.63, 3.8) is 0 Å². The summed E-state index contributed by atoms with van der Waals surface area (Å²) in [6.45, 7) is 2.18. The highest BCUT2D eigenvalue weighted by Gasteiger charge is 2.28. The largest absolute Gasteiger partial charge is 0.385 e. The molecule has 2 atom stereocenters. The number of hydrogen-bond acceptors (Lipinski definition) is 2. The van der Waals surface area contributed by atoms with Crippen LogP contribution >= 0.6 is 22.9 Å². The van der Waals surface area contributed by atoms with Crippen molar-refractivity contribution in [1.29, 1.82) is 0 Å². The Morgan fingerprint density at radius 3 is 2.93 bits per heavy atom. The first-order chi connectivity index (χ1) is 7.07. The molecule has 2 rings (SSSR count). The van der Waals surface area contributed by atoms with E-state index in [1.807, 2.05) is 18.2 Å². The first-order valence-corrected chi connectivity index (χ1v) is 6.43. The Morgan fingerprint density at radius 2 is 2.40 bits per heavy atom. The SMILES string of the molecule is CC1C=CC(O)(Cc2ccc(Cl)s2)CC1. The normalized spacial score (nSPS) is 30.7. The van der Waals surface area contributed by atoms with Crippen molar-refractivity contribution in [2.24, 2.45) is 5.92 Å². The molecule has 0 aromatic carbocycles. The van der Waals surface area contributed by atoms with E-state index in [1.54, 1.807) is 11.3 Å². The second-order valence-corrected chi connectivity index (χ2v) is 6.16. The summed E-state index contributed by atoms with van der Waals surface area (Å²) in [5.41, 5.74) is -0.652. The van der Waals surface area contributed by atoms with Crippen LogP contribution in [0.5, 0.6) is 0 Å². The summed E-state index contributed by atoms with van der Waals surface area (Å²) in [5, 5.41) is 10.3. The molecule has 1 aliphatic rings. The lowest BCUT2D eigenvalue weighted by Crippen LogP contribution is -2.31. The van der Waals surface area contributed by atoms with E-state index >= 15 is 0 Å². The van der Waals surface area contributed by atoms with Crippen LogP contribution in [-0.4, -0.2) is 10.7 Å². The van der Waals surface area contributed by atoms with Crippen LogP contribution < -0.4 is 0 Å². The number of rotatable bonds is 2. The van der Waals surface area contributed by atoms with E-state index in [1.165, 1.54) is 0 Å². The van der Waals surface area contributed by atoms with Gasteiger partial charge in [0.15, 0.2) is 0 Å². The van der Waals surface area contributed by atoms with Crippen LogP contribution in [0.15, 0.2) is 24.3 Å². The van der Waals surface area contributed by atoms with Crippen molar-refractivity contribution >= 4 is 22.9 Å². The second-order valence-electron chi connectivity index (χ2n) is 4.36. The van der Waals surface area contributed by atoms with Crippen molar-refractivity contribution in [1.82, 2.24) is 0 Å². The smallest absolute Gasteiger partial charge is 0.0931 e. The van der Waals surface area contributed by atoms with Crippen LogP contribution in [-0.2, 0) is 6.42 Å². The molecule has 0 aliphatic heterocycles. The van der Waals surface area contributed by atoms with Crippen molar-refractivity contribution < 1.29 is 5.11 Å². The first kappa shape index (κ1) is 11.2. The van der Waals surface area contributed by atoms with Gasteiger partial charge in [-0.2, -0.15) is 0 Å². The highest BCUT2D eigenvalue weighted by molar-refractivity contribution is 7.16. The maximum absolute atomic E-state index is 10.3. The minimum Gasteiger partial charge on any atom is -0.385 e. The average Bonchev–Trinajstić information content (AvgIpc) is 2.57. The van der Waals surface area contributed by atoms with Gasteiger partial charge in [0.1, 0.15) is 0 Å². The van der Waals surface area contributed by atoms with Gasteiger partial charge in [0.2, 0.25) is 0 Å². The molecule has 1 heterocycles. The molecule has 82 valence electrons. The number of thiophene rings is 1. The van der Waals surface area contributed by atoms with Crippen molar-refractivity contribution in [2.75, 3.05) is 0 Å². The van der Waals surface area contributed by atoms with E-state index in [9.17, 15) is 5.11 Å². The lowest BCUT2D eigenvalue weighted by Gasteiger charge is -2.29. The summed E-state index contributed by atoms with van der Waals surface area (Å²) in [4.78, 5) is 1.15. The second kappa shape index (κ2) is 4.28. The monoisotopic (exact) mass is 242 g/mol. The van der Waals surface area contributed by atoms with E-state index in [2.05, 4.69) is 13.0 Å². The first-order valence-electron chi connectivity index (χ1n) is 5.23. The van der Waals surface area contributed by atoms with E-state index < -0.39 is 5.60 Å². The Bertz CT molecular complexity index is 371. The van der Waals surface area contributed by atoms with Gasteiger partial charge >= 0.3 is 0 Å². The zero-order chi connectivity index (χ0) is 10.9. The molecule has 0 saturated heterocycles. The molecule has 0 radical (unpaired) electrons. The number of aliphatic hydroxyl groups is 1. The molecule has 0 amide bonds.